The highest BCUT2D eigenvalue weighted by Crippen LogP contribution is 2.23. The highest BCUT2D eigenvalue weighted by molar-refractivity contribution is 5.95. The van der Waals surface area contributed by atoms with Crippen molar-refractivity contribution in [3.05, 3.63) is 82.2 Å². The topological polar surface area (TPSA) is 58.1 Å². The highest BCUT2D eigenvalue weighted by atomic mass is 19.1. The summed E-state index contributed by atoms with van der Waals surface area (Å²) in [4.78, 5) is 24.1. The number of hydrogen-bond acceptors (Lipinski definition) is 3. The first-order valence-corrected chi connectivity index (χ1v) is 8.19. The van der Waals surface area contributed by atoms with Crippen molar-refractivity contribution < 1.29 is 4.39 Å². The van der Waals surface area contributed by atoms with E-state index < -0.39 is 0 Å². The Hall–Kier alpha value is -3.08. The van der Waals surface area contributed by atoms with E-state index in [2.05, 4.69) is 15.0 Å². The van der Waals surface area contributed by atoms with E-state index in [1.807, 2.05) is 24.3 Å². The molecule has 4 nitrogen and oxygen atoms in total. The van der Waals surface area contributed by atoms with Crippen LogP contribution in [0.2, 0.25) is 0 Å². The molecule has 4 rings (SSSR count). The zero-order chi connectivity index (χ0) is 17.2. The van der Waals surface area contributed by atoms with Crippen LogP contribution in [-0.4, -0.2) is 15.7 Å². The zero-order valence-corrected chi connectivity index (χ0v) is 13.5. The second-order valence-corrected chi connectivity index (χ2v) is 6.01. The van der Waals surface area contributed by atoms with Crippen LogP contribution in [0.1, 0.15) is 24.2 Å². The fourth-order valence-electron chi connectivity index (χ4n) is 2.95. The Morgan fingerprint density at radius 3 is 2.68 bits per heavy atom. The molecule has 1 aliphatic heterocycles. The Morgan fingerprint density at radius 1 is 1.04 bits per heavy atom. The number of nitrogens with one attached hydrogen (secondary N) is 1. The number of hydrogen-bond donors (Lipinski definition) is 1. The minimum atomic E-state index is -0.252. The lowest BCUT2D eigenvalue weighted by Gasteiger charge is -2.03. The van der Waals surface area contributed by atoms with Crippen molar-refractivity contribution in [3.8, 4) is 0 Å². The van der Waals surface area contributed by atoms with Crippen molar-refractivity contribution in [3.63, 3.8) is 0 Å². The Kier molecular flexibility index (Phi) is 3.98. The fraction of sp³-hybridized carbons (Fsp3) is 0.150. The summed E-state index contributed by atoms with van der Waals surface area (Å²) in [5, 5.41) is 0.602. The van der Waals surface area contributed by atoms with Gasteiger partial charge in [-0.25, -0.2) is 9.37 Å². The van der Waals surface area contributed by atoms with Crippen molar-refractivity contribution in [1.82, 2.24) is 9.97 Å². The van der Waals surface area contributed by atoms with Crippen molar-refractivity contribution >= 4 is 22.3 Å². The van der Waals surface area contributed by atoms with Gasteiger partial charge in [0.25, 0.3) is 5.56 Å². The van der Waals surface area contributed by atoms with E-state index in [9.17, 15) is 9.18 Å². The van der Waals surface area contributed by atoms with Gasteiger partial charge in [-0.3, -0.25) is 9.79 Å². The number of aryl methyl sites for hydroxylation is 1. The Bertz CT molecular complexity index is 1050. The van der Waals surface area contributed by atoms with Gasteiger partial charge in [-0.1, -0.05) is 18.2 Å². The summed E-state index contributed by atoms with van der Waals surface area (Å²) in [5.74, 6) is 0.416. The van der Waals surface area contributed by atoms with Crippen molar-refractivity contribution in [2.24, 2.45) is 4.99 Å². The largest absolute Gasteiger partial charge is 0.310 e. The maximum Gasteiger partial charge on any atom is 0.258 e. The molecule has 0 bridgehead atoms. The van der Waals surface area contributed by atoms with Crippen LogP contribution in [0.4, 0.5) is 4.39 Å². The lowest BCUT2D eigenvalue weighted by molar-refractivity contribution is 0.627. The summed E-state index contributed by atoms with van der Waals surface area (Å²) in [5.41, 5.74) is 3.41. The molecule has 0 saturated carbocycles. The molecule has 124 valence electrons. The Labute approximate surface area is 143 Å². The van der Waals surface area contributed by atoms with Gasteiger partial charge < -0.3 is 4.98 Å². The number of benzene rings is 2. The molecule has 0 spiro atoms. The molecule has 2 heterocycles. The van der Waals surface area contributed by atoms with Crippen LogP contribution in [0, 0.1) is 5.82 Å². The predicted octanol–water partition coefficient (Wildman–Crippen LogP) is 3.88. The number of aromatic amines is 1. The third kappa shape index (κ3) is 3.26. The highest BCUT2D eigenvalue weighted by Gasteiger charge is 2.12. The molecule has 1 aromatic heterocycles. The molecular formula is C20H16FN3O. The van der Waals surface area contributed by atoms with E-state index in [0.29, 0.717) is 23.1 Å². The predicted molar refractivity (Wildman–Crippen MR) is 97.1 cm³/mol. The SMILES string of the molecule is O=c1[nH]c(CCC2=NC(c3ccc(F)cc3)=CC2)nc2ccccc12. The second kappa shape index (κ2) is 6.43. The first-order valence-electron chi connectivity index (χ1n) is 8.19. The van der Waals surface area contributed by atoms with E-state index in [-0.39, 0.29) is 11.4 Å². The third-order valence-corrected chi connectivity index (χ3v) is 4.26. The molecule has 3 aromatic rings. The number of aromatic nitrogens is 2. The normalized spacial score (nSPS) is 13.8. The van der Waals surface area contributed by atoms with E-state index >= 15 is 0 Å². The van der Waals surface area contributed by atoms with Gasteiger partial charge in [0.05, 0.1) is 16.6 Å². The lowest BCUT2D eigenvalue weighted by atomic mass is 10.1. The van der Waals surface area contributed by atoms with Gasteiger partial charge in [-0.15, -0.1) is 0 Å². The third-order valence-electron chi connectivity index (χ3n) is 4.26. The van der Waals surface area contributed by atoms with Crippen LogP contribution in [0.25, 0.3) is 16.6 Å². The van der Waals surface area contributed by atoms with Gasteiger partial charge in [0.15, 0.2) is 0 Å². The minimum absolute atomic E-state index is 0.112. The summed E-state index contributed by atoms with van der Waals surface area (Å²) in [6.07, 6.45) is 4.16. The van der Waals surface area contributed by atoms with Crippen LogP contribution in [0.3, 0.4) is 0 Å². The summed E-state index contributed by atoms with van der Waals surface area (Å²) < 4.78 is 13.0. The number of H-pyrrole nitrogens is 1. The Morgan fingerprint density at radius 2 is 1.84 bits per heavy atom. The van der Waals surface area contributed by atoms with Gasteiger partial charge in [0.2, 0.25) is 0 Å². The van der Waals surface area contributed by atoms with E-state index in [1.54, 1.807) is 18.2 Å². The minimum Gasteiger partial charge on any atom is -0.310 e. The molecule has 2 aromatic carbocycles. The molecular weight excluding hydrogens is 317 g/mol. The monoisotopic (exact) mass is 333 g/mol. The van der Waals surface area contributed by atoms with Crippen molar-refractivity contribution in [2.75, 3.05) is 0 Å². The summed E-state index contributed by atoms with van der Waals surface area (Å²) in [6, 6.07) is 13.7. The molecule has 5 heteroatoms. The van der Waals surface area contributed by atoms with Gasteiger partial charge in [0.1, 0.15) is 11.6 Å². The van der Waals surface area contributed by atoms with Gasteiger partial charge in [-0.05, 0) is 48.4 Å². The number of para-hydroxylation sites is 1. The number of aliphatic imine (C=N–C) groups is 1. The average molecular weight is 333 g/mol. The van der Waals surface area contributed by atoms with Crippen LogP contribution in [-0.2, 0) is 6.42 Å². The first kappa shape index (κ1) is 15.4. The molecule has 1 aliphatic rings. The standard InChI is InChI=1S/C20H16FN3O/c21-14-7-5-13(6-8-14)17-11-9-15(22-17)10-12-19-23-18-4-2-1-3-16(18)20(25)24-19/h1-8,11H,9-10,12H2,(H,23,24,25). The zero-order valence-electron chi connectivity index (χ0n) is 13.5. The maximum atomic E-state index is 13.0. The molecule has 1 N–H and O–H groups in total. The molecule has 0 amide bonds. The molecule has 0 unspecified atom stereocenters. The van der Waals surface area contributed by atoms with E-state index in [4.69, 9.17) is 0 Å². The Balaban J connectivity index is 1.48. The lowest BCUT2D eigenvalue weighted by Crippen LogP contribution is -2.12. The van der Waals surface area contributed by atoms with Gasteiger partial charge in [0, 0.05) is 18.6 Å². The smallest absolute Gasteiger partial charge is 0.258 e. The van der Waals surface area contributed by atoms with Gasteiger partial charge in [-0.2, -0.15) is 0 Å². The van der Waals surface area contributed by atoms with Crippen molar-refractivity contribution in [2.45, 2.75) is 19.3 Å². The van der Waals surface area contributed by atoms with E-state index in [0.717, 1.165) is 29.8 Å². The summed E-state index contributed by atoms with van der Waals surface area (Å²) >= 11 is 0. The summed E-state index contributed by atoms with van der Waals surface area (Å²) in [7, 11) is 0. The average Bonchev–Trinajstić information content (AvgIpc) is 3.10. The van der Waals surface area contributed by atoms with Crippen LogP contribution in [0.5, 0.6) is 0 Å². The molecule has 0 fully saturated rings. The number of rotatable bonds is 4. The second-order valence-electron chi connectivity index (χ2n) is 6.01. The maximum absolute atomic E-state index is 13.0. The molecule has 0 aliphatic carbocycles. The number of halogens is 1. The molecule has 0 saturated heterocycles. The van der Waals surface area contributed by atoms with Crippen LogP contribution in [0.15, 0.2) is 64.4 Å². The number of nitrogens with zero attached hydrogens (tertiary/aromatic N) is 2. The first-order chi connectivity index (χ1) is 12.2. The van der Waals surface area contributed by atoms with Crippen LogP contribution >= 0.6 is 0 Å². The number of allylic oxidation sites excluding steroid dienone is 1. The van der Waals surface area contributed by atoms with E-state index in [1.165, 1.54) is 12.1 Å². The van der Waals surface area contributed by atoms with Crippen molar-refractivity contribution in [1.29, 1.82) is 0 Å². The number of fused-ring (bicyclic) bond motifs is 1. The molecule has 0 radical (unpaired) electrons. The fourth-order valence-corrected chi connectivity index (χ4v) is 2.95. The van der Waals surface area contributed by atoms with Gasteiger partial charge >= 0.3 is 0 Å². The molecule has 0 atom stereocenters. The summed E-state index contributed by atoms with van der Waals surface area (Å²) in [6.45, 7) is 0. The molecule has 25 heavy (non-hydrogen) atoms. The van der Waals surface area contributed by atoms with Crippen LogP contribution < -0.4 is 5.56 Å². The quantitative estimate of drug-likeness (QED) is 0.788.